The molecular weight excluding hydrogens is 252 g/mol. The first-order valence-electron chi connectivity index (χ1n) is 7.17. The molecule has 4 nitrogen and oxygen atoms in total. The van der Waals surface area contributed by atoms with Gasteiger partial charge >= 0.3 is 0 Å². The maximum Gasteiger partial charge on any atom is 0.253 e. The van der Waals surface area contributed by atoms with Gasteiger partial charge in [0.05, 0.1) is 6.10 Å². The Bertz CT molecular complexity index is 432. The van der Waals surface area contributed by atoms with E-state index in [1.807, 2.05) is 31.2 Å². The van der Waals surface area contributed by atoms with Crippen molar-refractivity contribution in [1.29, 1.82) is 0 Å². The summed E-state index contributed by atoms with van der Waals surface area (Å²) in [4.78, 5) is 12.1. The second-order valence-electron chi connectivity index (χ2n) is 5.61. The fourth-order valence-electron chi connectivity index (χ4n) is 2.15. The molecule has 0 bridgehead atoms. The number of ether oxygens (including phenoxy) is 1. The van der Waals surface area contributed by atoms with E-state index in [2.05, 4.69) is 19.2 Å². The second-order valence-corrected chi connectivity index (χ2v) is 5.61. The average Bonchev–Trinajstić information content (AvgIpc) is 2.37. The highest BCUT2D eigenvalue weighted by Crippen LogP contribution is 2.13. The molecule has 1 aromatic carbocycles. The Kier molecular flexibility index (Phi) is 6.68. The van der Waals surface area contributed by atoms with Crippen LogP contribution in [-0.2, 0) is 16.1 Å². The summed E-state index contributed by atoms with van der Waals surface area (Å²) in [6, 6.07) is 7.54. The van der Waals surface area contributed by atoms with E-state index in [-0.39, 0.29) is 12.0 Å². The van der Waals surface area contributed by atoms with Crippen molar-refractivity contribution in [3.63, 3.8) is 0 Å². The van der Waals surface area contributed by atoms with E-state index in [0.29, 0.717) is 12.5 Å². The molecule has 1 amide bonds. The fourth-order valence-corrected chi connectivity index (χ4v) is 2.15. The first-order chi connectivity index (χ1) is 9.42. The van der Waals surface area contributed by atoms with Crippen molar-refractivity contribution < 1.29 is 9.53 Å². The maximum atomic E-state index is 12.1. The number of nitrogens with two attached hydrogens (primary N) is 1. The van der Waals surface area contributed by atoms with E-state index in [1.165, 1.54) is 0 Å². The van der Waals surface area contributed by atoms with Crippen molar-refractivity contribution in [2.24, 2.45) is 11.7 Å². The average molecular weight is 278 g/mol. The number of rotatable bonds is 7. The van der Waals surface area contributed by atoms with E-state index in [4.69, 9.17) is 10.5 Å². The third kappa shape index (κ3) is 5.72. The van der Waals surface area contributed by atoms with Gasteiger partial charge in [-0.05, 0) is 43.9 Å². The highest BCUT2D eigenvalue weighted by atomic mass is 16.5. The second kappa shape index (κ2) is 8.02. The van der Waals surface area contributed by atoms with Gasteiger partial charge in [-0.2, -0.15) is 0 Å². The van der Waals surface area contributed by atoms with Gasteiger partial charge in [0.2, 0.25) is 0 Å². The Morgan fingerprint density at radius 2 is 2.00 bits per heavy atom. The highest BCUT2D eigenvalue weighted by Gasteiger charge is 2.17. The summed E-state index contributed by atoms with van der Waals surface area (Å²) in [5.74, 6) is 0.427. The van der Waals surface area contributed by atoms with Crippen molar-refractivity contribution in [1.82, 2.24) is 0 Å². The normalized spacial score (nSPS) is 14.1. The summed E-state index contributed by atoms with van der Waals surface area (Å²) in [6.07, 6.45) is 0.553. The predicted molar refractivity (Wildman–Crippen MR) is 82.4 cm³/mol. The Labute approximate surface area is 121 Å². The van der Waals surface area contributed by atoms with Crippen LogP contribution in [0, 0.1) is 5.92 Å². The van der Waals surface area contributed by atoms with Crippen molar-refractivity contribution in [3.05, 3.63) is 29.8 Å². The van der Waals surface area contributed by atoms with Gasteiger partial charge in [-0.25, -0.2) is 0 Å². The summed E-state index contributed by atoms with van der Waals surface area (Å²) < 4.78 is 5.71. The van der Waals surface area contributed by atoms with Crippen LogP contribution in [0.2, 0.25) is 0 Å². The van der Waals surface area contributed by atoms with Crippen LogP contribution in [0.15, 0.2) is 24.3 Å². The monoisotopic (exact) mass is 278 g/mol. The molecule has 20 heavy (non-hydrogen) atoms. The van der Waals surface area contributed by atoms with Crippen LogP contribution in [0.4, 0.5) is 5.69 Å². The smallest absolute Gasteiger partial charge is 0.253 e. The molecule has 3 N–H and O–H groups in total. The minimum atomic E-state index is -0.467. The van der Waals surface area contributed by atoms with Crippen molar-refractivity contribution in [2.75, 3.05) is 5.32 Å². The third-order valence-corrected chi connectivity index (χ3v) is 3.04. The molecule has 0 saturated heterocycles. The van der Waals surface area contributed by atoms with Gasteiger partial charge in [0.15, 0.2) is 0 Å². The Morgan fingerprint density at radius 1 is 1.30 bits per heavy atom. The lowest BCUT2D eigenvalue weighted by Crippen LogP contribution is -2.31. The third-order valence-electron chi connectivity index (χ3n) is 3.04. The standard InChI is InChI=1S/C16H26N2O2/c1-11(2)8-12(3)20-13(4)16(19)18-15-7-5-6-14(9-15)10-17/h5-7,9,11-13H,8,10,17H2,1-4H3,(H,18,19). The van der Waals surface area contributed by atoms with Gasteiger partial charge in [0.1, 0.15) is 6.10 Å². The molecule has 0 fully saturated rings. The first-order valence-corrected chi connectivity index (χ1v) is 7.17. The summed E-state index contributed by atoms with van der Waals surface area (Å²) in [6.45, 7) is 8.52. The summed E-state index contributed by atoms with van der Waals surface area (Å²) in [5.41, 5.74) is 7.33. The lowest BCUT2D eigenvalue weighted by molar-refractivity contribution is -0.129. The van der Waals surface area contributed by atoms with Crippen LogP contribution in [0.25, 0.3) is 0 Å². The minimum Gasteiger partial charge on any atom is -0.366 e. The molecular formula is C16H26N2O2. The molecule has 0 heterocycles. The van der Waals surface area contributed by atoms with Crippen LogP contribution in [0.5, 0.6) is 0 Å². The highest BCUT2D eigenvalue weighted by molar-refractivity contribution is 5.93. The molecule has 0 aromatic heterocycles. The number of amides is 1. The topological polar surface area (TPSA) is 64.3 Å². The molecule has 0 saturated carbocycles. The number of benzene rings is 1. The number of nitrogens with one attached hydrogen (secondary N) is 1. The van der Waals surface area contributed by atoms with Crippen molar-refractivity contribution in [3.8, 4) is 0 Å². The SMILES string of the molecule is CC(C)CC(C)OC(C)C(=O)Nc1cccc(CN)c1. The molecule has 1 aromatic rings. The van der Waals surface area contributed by atoms with Crippen LogP contribution in [0.1, 0.15) is 39.7 Å². The zero-order valence-electron chi connectivity index (χ0n) is 12.8. The zero-order chi connectivity index (χ0) is 15.1. The van der Waals surface area contributed by atoms with E-state index in [1.54, 1.807) is 6.92 Å². The molecule has 0 aliphatic rings. The number of hydrogen-bond donors (Lipinski definition) is 2. The summed E-state index contributed by atoms with van der Waals surface area (Å²) in [7, 11) is 0. The number of carbonyl (C=O) groups is 1. The van der Waals surface area contributed by atoms with Crippen molar-refractivity contribution >= 4 is 11.6 Å². The van der Waals surface area contributed by atoms with E-state index in [0.717, 1.165) is 17.7 Å². The van der Waals surface area contributed by atoms with Gasteiger partial charge in [0.25, 0.3) is 5.91 Å². The van der Waals surface area contributed by atoms with Gasteiger partial charge in [-0.1, -0.05) is 26.0 Å². The molecule has 0 aliphatic carbocycles. The Balaban J connectivity index is 2.52. The fraction of sp³-hybridized carbons (Fsp3) is 0.562. The van der Waals surface area contributed by atoms with Crippen LogP contribution in [0.3, 0.4) is 0 Å². The predicted octanol–water partition coefficient (Wildman–Crippen LogP) is 2.92. The lowest BCUT2D eigenvalue weighted by atomic mass is 10.1. The number of hydrogen-bond acceptors (Lipinski definition) is 3. The van der Waals surface area contributed by atoms with Crippen LogP contribution >= 0.6 is 0 Å². The molecule has 0 aliphatic heterocycles. The van der Waals surface area contributed by atoms with Crippen LogP contribution < -0.4 is 11.1 Å². The van der Waals surface area contributed by atoms with E-state index >= 15 is 0 Å². The largest absolute Gasteiger partial charge is 0.366 e. The molecule has 0 radical (unpaired) electrons. The quantitative estimate of drug-likeness (QED) is 0.806. The summed E-state index contributed by atoms with van der Waals surface area (Å²) >= 11 is 0. The maximum absolute atomic E-state index is 12.1. The minimum absolute atomic E-state index is 0.0751. The number of anilines is 1. The van der Waals surface area contributed by atoms with Gasteiger partial charge < -0.3 is 15.8 Å². The van der Waals surface area contributed by atoms with Crippen molar-refractivity contribution in [2.45, 2.75) is 52.9 Å². The lowest BCUT2D eigenvalue weighted by Gasteiger charge is -2.20. The Morgan fingerprint density at radius 3 is 2.60 bits per heavy atom. The van der Waals surface area contributed by atoms with E-state index in [9.17, 15) is 4.79 Å². The molecule has 112 valence electrons. The first kappa shape index (κ1) is 16.7. The molecule has 4 heteroatoms. The number of carbonyl (C=O) groups excluding carboxylic acids is 1. The van der Waals surface area contributed by atoms with Crippen LogP contribution in [-0.4, -0.2) is 18.1 Å². The molecule has 2 unspecified atom stereocenters. The molecule has 0 spiro atoms. The molecule has 1 rings (SSSR count). The summed E-state index contributed by atoms with van der Waals surface area (Å²) in [5, 5.41) is 2.86. The zero-order valence-corrected chi connectivity index (χ0v) is 12.8. The molecule has 2 atom stereocenters. The van der Waals surface area contributed by atoms with E-state index < -0.39 is 6.10 Å². The van der Waals surface area contributed by atoms with Gasteiger partial charge in [-0.3, -0.25) is 4.79 Å². The van der Waals surface area contributed by atoms with Gasteiger partial charge in [-0.15, -0.1) is 0 Å². The van der Waals surface area contributed by atoms with Gasteiger partial charge in [0, 0.05) is 12.2 Å². The Hall–Kier alpha value is -1.39.